The Kier molecular flexibility index (Phi) is 10.7. The quantitative estimate of drug-likeness (QED) is 0.216. The molecule has 0 unspecified atom stereocenters. The van der Waals surface area contributed by atoms with Gasteiger partial charge in [-0.25, -0.2) is 13.9 Å². The molecular weight excluding hydrogens is 453 g/mol. The zero-order valence-corrected chi connectivity index (χ0v) is 22.7. The molecule has 1 heterocycles. The van der Waals surface area contributed by atoms with Crippen LogP contribution in [-0.2, 0) is 22.6 Å². The molecule has 34 heavy (non-hydrogen) atoms. The van der Waals surface area contributed by atoms with E-state index in [-0.39, 0.29) is 17.9 Å². The van der Waals surface area contributed by atoms with Crippen molar-refractivity contribution < 1.29 is 23.4 Å². The molecule has 0 atom stereocenters. The van der Waals surface area contributed by atoms with Gasteiger partial charge in [0.25, 0.3) is 0 Å². The van der Waals surface area contributed by atoms with Gasteiger partial charge in [-0.1, -0.05) is 19.6 Å². The van der Waals surface area contributed by atoms with E-state index in [0.29, 0.717) is 26.3 Å². The summed E-state index contributed by atoms with van der Waals surface area (Å²) in [4.78, 5) is 14.1. The monoisotopic (exact) mass is 493 g/mol. The summed E-state index contributed by atoms with van der Waals surface area (Å²) in [5, 5.41) is 4.61. The normalized spacial score (nSPS) is 11.8. The van der Waals surface area contributed by atoms with Gasteiger partial charge < -0.3 is 19.1 Å². The second-order valence-corrected chi connectivity index (χ2v) is 15.7. The molecule has 0 aliphatic heterocycles. The third kappa shape index (κ3) is 9.19. The zero-order chi connectivity index (χ0) is 25.3. The number of halogens is 1. The van der Waals surface area contributed by atoms with Gasteiger partial charge in [0, 0.05) is 26.9 Å². The van der Waals surface area contributed by atoms with Crippen LogP contribution >= 0.6 is 0 Å². The molecule has 0 fully saturated rings. The van der Waals surface area contributed by atoms with Crippen molar-refractivity contribution in [2.45, 2.75) is 59.1 Å². The van der Waals surface area contributed by atoms with E-state index in [1.807, 2.05) is 37.5 Å². The van der Waals surface area contributed by atoms with Crippen LogP contribution in [0, 0.1) is 19.7 Å². The molecule has 0 saturated heterocycles. The molecule has 7 nitrogen and oxygen atoms in total. The summed E-state index contributed by atoms with van der Waals surface area (Å²) in [5.74, 6) is -0.931. The Labute approximate surface area is 204 Å². The Morgan fingerprint density at radius 1 is 1.15 bits per heavy atom. The Balaban J connectivity index is 1.85. The van der Waals surface area contributed by atoms with Gasteiger partial charge in [-0.15, -0.1) is 0 Å². The highest BCUT2D eigenvalue weighted by molar-refractivity contribution is 6.76. The predicted octanol–water partition coefficient (Wildman–Crippen LogP) is 4.68. The van der Waals surface area contributed by atoms with Crippen molar-refractivity contribution in [3.8, 4) is 5.75 Å². The summed E-state index contributed by atoms with van der Waals surface area (Å²) in [6, 6.07) is 5.17. The van der Waals surface area contributed by atoms with Gasteiger partial charge >= 0.3 is 5.97 Å². The zero-order valence-electron chi connectivity index (χ0n) is 21.7. The van der Waals surface area contributed by atoms with Crippen LogP contribution in [0.25, 0.3) is 0 Å². The maximum atomic E-state index is 14.2. The van der Waals surface area contributed by atoms with E-state index < -0.39 is 19.9 Å². The average Bonchev–Trinajstić information content (AvgIpc) is 3.01. The summed E-state index contributed by atoms with van der Waals surface area (Å²) in [6.45, 7) is 13.5. The topological polar surface area (TPSA) is 65.8 Å². The maximum absolute atomic E-state index is 14.2. The van der Waals surface area contributed by atoms with E-state index in [2.05, 4.69) is 24.7 Å². The first-order valence-corrected chi connectivity index (χ1v) is 15.5. The largest absolute Gasteiger partial charge is 0.490 e. The summed E-state index contributed by atoms with van der Waals surface area (Å²) >= 11 is 0. The first-order chi connectivity index (χ1) is 16.0. The number of aryl methyl sites for hydroxylation is 1. The molecule has 0 aliphatic rings. The van der Waals surface area contributed by atoms with E-state index in [4.69, 9.17) is 14.2 Å². The Hall–Kier alpha value is -2.23. The Morgan fingerprint density at radius 2 is 1.88 bits per heavy atom. The number of carbonyl (C=O) groups is 1. The number of hydrogen-bond acceptors (Lipinski definition) is 6. The third-order valence-electron chi connectivity index (χ3n) is 5.51. The summed E-state index contributed by atoms with van der Waals surface area (Å²) in [5.41, 5.74) is 3.49. The lowest BCUT2D eigenvalue weighted by Crippen LogP contribution is -2.22. The van der Waals surface area contributed by atoms with Crippen molar-refractivity contribution in [1.82, 2.24) is 14.7 Å². The third-order valence-corrected chi connectivity index (χ3v) is 7.21. The fourth-order valence-corrected chi connectivity index (χ4v) is 4.08. The maximum Gasteiger partial charge on any atom is 0.338 e. The van der Waals surface area contributed by atoms with Gasteiger partial charge in [-0.05, 0) is 70.6 Å². The minimum Gasteiger partial charge on any atom is -0.490 e. The molecule has 1 aromatic heterocycles. The van der Waals surface area contributed by atoms with Crippen molar-refractivity contribution in [1.29, 1.82) is 0 Å². The summed E-state index contributed by atoms with van der Waals surface area (Å²) in [6.07, 6.45) is 1.46. The molecule has 2 rings (SSSR count). The minimum absolute atomic E-state index is 0.0574. The average molecular weight is 494 g/mol. The van der Waals surface area contributed by atoms with Gasteiger partial charge in [0.2, 0.25) is 0 Å². The van der Waals surface area contributed by atoms with Gasteiger partial charge in [0.05, 0.1) is 17.9 Å². The molecule has 0 radical (unpaired) electrons. The smallest absolute Gasteiger partial charge is 0.338 e. The summed E-state index contributed by atoms with van der Waals surface area (Å²) in [7, 11) is 2.68. The summed E-state index contributed by atoms with van der Waals surface area (Å²) < 4.78 is 32.8. The number of ether oxygens (including phenoxy) is 3. The molecule has 1 aromatic carbocycles. The number of hydrogen-bond donors (Lipinski definition) is 0. The molecule has 0 aliphatic carbocycles. The molecule has 0 spiro atoms. The van der Waals surface area contributed by atoms with Crippen LogP contribution in [0.15, 0.2) is 18.2 Å². The number of likely N-dealkylation sites (N-methyl/N-ethyl adjacent to an activating group) is 1. The van der Waals surface area contributed by atoms with E-state index >= 15 is 0 Å². The SMILES string of the molecule is Cc1nn(COCC[Si](C)(C)C)c(C)c1CCCOc1cc(C(=O)OCCN(C)C)ccc1F. The lowest BCUT2D eigenvalue weighted by Gasteiger charge is -2.15. The van der Waals surface area contributed by atoms with Crippen LogP contribution < -0.4 is 4.74 Å². The molecule has 0 N–H and O–H groups in total. The lowest BCUT2D eigenvalue weighted by atomic mass is 10.1. The van der Waals surface area contributed by atoms with Gasteiger partial charge in [0.15, 0.2) is 11.6 Å². The predicted molar refractivity (Wildman–Crippen MR) is 135 cm³/mol. The second kappa shape index (κ2) is 13.0. The molecule has 2 aromatic rings. The molecular formula is C25H40FN3O4Si. The van der Waals surface area contributed by atoms with E-state index in [9.17, 15) is 9.18 Å². The van der Waals surface area contributed by atoms with Gasteiger partial charge in [-0.2, -0.15) is 5.10 Å². The fourth-order valence-electron chi connectivity index (χ4n) is 3.33. The number of nitrogens with zero attached hydrogens (tertiary/aromatic N) is 3. The molecule has 190 valence electrons. The van der Waals surface area contributed by atoms with E-state index in [1.165, 1.54) is 18.2 Å². The molecule has 0 bridgehead atoms. The number of rotatable bonds is 14. The Morgan fingerprint density at radius 3 is 2.56 bits per heavy atom. The van der Waals surface area contributed by atoms with Gasteiger partial charge in [0.1, 0.15) is 13.3 Å². The number of carbonyl (C=O) groups excluding carboxylic acids is 1. The van der Waals surface area contributed by atoms with Crippen LogP contribution in [-0.4, -0.2) is 69.2 Å². The van der Waals surface area contributed by atoms with Crippen LogP contribution in [0.2, 0.25) is 25.7 Å². The minimum atomic E-state index is -1.11. The molecule has 0 amide bonds. The van der Waals surface area contributed by atoms with Crippen LogP contribution in [0.5, 0.6) is 5.75 Å². The van der Waals surface area contributed by atoms with Crippen molar-refractivity contribution in [3.63, 3.8) is 0 Å². The van der Waals surface area contributed by atoms with Crippen LogP contribution in [0.4, 0.5) is 4.39 Å². The fraction of sp³-hybridized carbons (Fsp3) is 0.600. The van der Waals surface area contributed by atoms with Crippen molar-refractivity contribution in [2.24, 2.45) is 0 Å². The number of benzene rings is 1. The van der Waals surface area contributed by atoms with Crippen molar-refractivity contribution in [3.05, 3.63) is 46.5 Å². The second-order valence-electron chi connectivity index (χ2n) is 10.0. The number of aromatic nitrogens is 2. The highest BCUT2D eigenvalue weighted by atomic mass is 28.3. The highest BCUT2D eigenvalue weighted by Crippen LogP contribution is 2.21. The highest BCUT2D eigenvalue weighted by Gasteiger charge is 2.15. The Bertz CT molecular complexity index is 941. The standard InChI is InChI=1S/C25H40FN3O4Si/c1-19-22(20(2)29(27-19)18-31-15-16-34(5,6)7)9-8-13-32-24-17-21(10-11-23(24)26)25(30)33-14-12-28(3)4/h10-11,17H,8-9,12-16,18H2,1-7H3. The van der Waals surface area contributed by atoms with Crippen molar-refractivity contribution in [2.75, 3.05) is 40.5 Å². The van der Waals surface area contributed by atoms with Crippen LogP contribution in [0.3, 0.4) is 0 Å². The first-order valence-electron chi connectivity index (χ1n) is 11.8. The van der Waals surface area contributed by atoms with Crippen molar-refractivity contribution >= 4 is 14.0 Å². The molecule has 0 saturated carbocycles. The number of esters is 1. The van der Waals surface area contributed by atoms with Crippen LogP contribution in [0.1, 0.15) is 33.7 Å². The van der Waals surface area contributed by atoms with E-state index in [0.717, 1.165) is 36.0 Å². The first kappa shape index (κ1) is 28.0. The molecule has 9 heteroatoms. The lowest BCUT2D eigenvalue weighted by molar-refractivity contribution is 0.0481. The van der Waals surface area contributed by atoms with E-state index in [1.54, 1.807) is 0 Å². The van der Waals surface area contributed by atoms with Gasteiger partial charge in [-0.3, -0.25) is 0 Å².